The van der Waals surface area contributed by atoms with Crippen molar-refractivity contribution in [1.29, 1.82) is 0 Å². The average molecular weight is 508 g/mol. The molecule has 172 valence electrons. The van der Waals surface area contributed by atoms with Crippen LogP contribution in [0.15, 0.2) is 54.6 Å². The molecule has 6 unspecified atom stereocenters. The number of alkyl halides is 1. The molecular formula is C28H30BrNO3. The lowest BCUT2D eigenvalue weighted by Crippen LogP contribution is -2.68. The van der Waals surface area contributed by atoms with E-state index in [2.05, 4.69) is 48.5 Å². The van der Waals surface area contributed by atoms with E-state index in [1.807, 2.05) is 54.6 Å². The second-order valence-electron chi connectivity index (χ2n) is 10.3. The minimum atomic E-state index is -0.577. The van der Waals surface area contributed by atoms with Gasteiger partial charge in [0.1, 0.15) is 11.8 Å². The molecule has 2 aromatic carbocycles. The van der Waals surface area contributed by atoms with E-state index in [0.29, 0.717) is 11.3 Å². The van der Waals surface area contributed by atoms with Gasteiger partial charge >= 0.3 is 0 Å². The lowest BCUT2D eigenvalue weighted by molar-refractivity contribution is -0.160. The van der Waals surface area contributed by atoms with E-state index in [1.54, 1.807) is 12.0 Å². The third-order valence-electron chi connectivity index (χ3n) is 7.97. The molecule has 1 saturated heterocycles. The summed E-state index contributed by atoms with van der Waals surface area (Å²) in [4.78, 5) is 15.3. The van der Waals surface area contributed by atoms with Crippen LogP contribution in [0.3, 0.4) is 0 Å². The van der Waals surface area contributed by atoms with Crippen molar-refractivity contribution in [2.45, 2.75) is 56.2 Å². The number of carbonyl (C=O) groups is 1. The van der Waals surface area contributed by atoms with E-state index in [-0.39, 0.29) is 16.8 Å². The van der Waals surface area contributed by atoms with Crippen molar-refractivity contribution < 1.29 is 14.3 Å². The summed E-state index contributed by atoms with van der Waals surface area (Å²) in [5.41, 5.74) is 1.70. The largest absolute Gasteiger partial charge is 0.497 e. The van der Waals surface area contributed by atoms with E-state index < -0.39 is 11.7 Å². The van der Waals surface area contributed by atoms with Gasteiger partial charge in [-0.05, 0) is 73.4 Å². The van der Waals surface area contributed by atoms with Crippen LogP contribution in [0.25, 0.3) is 0 Å². The van der Waals surface area contributed by atoms with Crippen LogP contribution >= 0.6 is 15.9 Å². The molecule has 1 heterocycles. The molecule has 5 rings (SSSR count). The van der Waals surface area contributed by atoms with E-state index in [4.69, 9.17) is 9.47 Å². The van der Waals surface area contributed by atoms with Crippen molar-refractivity contribution >= 4 is 27.5 Å². The highest BCUT2D eigenvalue weighted by Gasteiger charge is 2.65. The van der Waals surface area contributed by atoms with Crippen molar-refractivity contribution in [3.05, 3.63) is 60.2 Å². The first-order valence-electron chi connectivity index (χ1n) is 11.6. The molecule has 0 radical (unpaired) electrons. The normalized spacial score (nSPS) is 33.9. The minimum absolute atomic E-state index is 0.0364. The van der Waals surface area contributed by atoms with Crippen LogP contribution in [0, 0.1) is 29.1 Å². The Hall–Kier alpha value is -2.29. The number of ether oxygens (including phenoxy) is 2. The highest BCUT2D eigenvalue weighted by molar-refractivity contribution is 9.09. The minimum Gasteiger partial charge on any atom is -0.497 e. The zero-order valence-electron chi connectivity index (χ0n) is 19.5. The molecule has 0 aromatic heterocycles. The van der Waals surface area contributed by atoms with Crippen LogP contribution in [0.4, 0.5) is 5.69 Å². The predicted molar refractivity (Wildman–Crippen MR) is 134 cm³/mol. The third-order valence-corrected chi connectivity index (χ3v) is 9.31. The van der Waals surface area contributed by atoms with Gasteiger partial charge in [0, 0.05) is 16.1 Å². The number of hydrogen-bond donors (Lipinski definition) is 0. The number of halogens is 1. The highest BCUT2D eigenvalue weighted by atomic mass is 79.9. The second kappa shape index (κ2) is 8.18. The number of fused-ring (bicyclic) bond motifs is 1. The molecule has 3 aliphatic rings. The number of benzene rings is 2. The average Bonchev–Trinajstić information content (AvgIpc) is 3.33. The van der Waals surface area contributed by atoms with Crippen LogP contribution < -0.4 is 9.64 Å². The van der Waals surface area contributed by atoms with Gasteiger partial charge < -0.3 is 9.47 Å². The Labute approximate surface area is 204 Å². The molecule has 4 nitrogen and oxygen atoms in total. The summed E-state index contributed by atoms with van der Waals surface area (Å²) < 4.78 is 11.9. The molecule has 2 aromatic rings. The molecule has 0 N–H and O–H groups in total. The molecule has 6 atom stereocenters. The number of β-lactam (4-membered cyclic amide) rings is 1. The van der Waals surface area contributed by atoms with E-state index in [0.717, 1.165) is 35.8 Å². The molecule has 3 fully saturated rings. The Bertz CT molecular complexity index is 1100. The van der Waals surface area contributed by atoms with Crippen LogP contribution in [-0.4, -0.2) is 35.6 Å². The maximum Gasteiger partial charge on any atom is 0.260 e. The van der Waals surface area contributed by atoms with Crippen molar-refractivity contribution in [3.63, 3.8) is 0 Å². The fraction of sp³-hybridized carbons (Fsp3) is 0.464. The third kappa shape index (κ3) is 3.88. The van der Waals surface area contributed by atoms with Gasteiger partial charge in [0.15, 0.2) is 6.10 Å². The lowest BCUT2D eigenvalue weighted by atomic mass is 9.85. The van der Waals surface area contributed by atoms with Gasteiger partial charge in [0.05, 0.1) is 12.7 Å². The summed E-state index contributed by atoms with van der Waals surface area (Å²) >= 11 is 3.90. The van der Waals surface area contributed by atoms with Crippen LogP contribution in [-0.2, 0) is 9.53 Å². The van der Waals surface area contributed by atoms with Gasteiger partial charge in [-0.25, -0.2) is 0 Å². The van der Waals surface area contributed by atoms with Crippen LogP contribution in [0.1, 0.15) is 39.2 Å². The number of rotatable bonds is 4. The smallest absolute Gasteiger partial charge is 0.260 e. The predicted octanol–water partition coefficient (Wildman–Crippen LogP) is 5.44. The zero-order chi connectivity index (χ0) is 23.4. The number of methoxy groups -OCH3 is 1. The van der Waals surface area contributed by atoms with Crippen molar-refractivity contribution in [1.82, 2.24) is 0 Å². The molecule has 0 spiro atoms. The van der Waals surface area contributed by atoms with Gasteiger partial charge in [0.2, 0.25) is 0 Å². The Kier molecular flexibility index (Phi) is 5.58. The molecule has 1 aliphatic heterocycles. The molecule has 2 saturated carbocycles. The Morgan fingerprint density at radius 1 is 1.03 bits per heavy atom. The van der Waals surface area contributed by atoms with E-state index >= 15 is 0 Å². The van der Waals surface area contributed by atoms with E-state index in [1.165, 1.54) is 0 Å². The van der Waals surface area contributed by atoms with Gasteiger partial charge in [-0.3, -0.25) is 9.69 Å². The maximum atomic E-state index is 13.4. The lowest BCUT2D eigenvalue weighted by Gasteiger charge is -2.49. The quantitative estimate of drug-likeness (QED) is 0.314. The molecule has 1 amide bonds. The number of hydrogen-bond acceptors (Lipinski definition) is 3. The molecular weight excluding hydrogens is 478 g/mol. The van der Waals surface area contributed by atoms with Crippen LogP contribution in [0.2, 0.25) is 0 Å². The summed E-state index contributed by atoms with van der Waals surface area (Å²) in [6, 6.07) is 17.1. The first-order valence-corrected chi connectivity index (χ1v) is 12.5. The number of anilines is 1. The first-order chi connectivity index (χ1) is 15.7. The molecule has 2 aliphatic carbocycles. The molecule has 0 bridgehead atoms. The monoisotopic (exact) mass is 507 g/mol. The Morgan fingerprint density at radius 2 is 1.73 bits per heavy atom. The summed E-state index contributed by atoms with van der Waals surface area (Å²) in [7, 11) is 1.63. The highest BCUT2D eigenvalue weighted by Crippen LogP contribution is 2.68. The number of nitrogens with zero attached hydrogens (tertiary/aromatic N) is 1. The van der Waals surface area contributed by atoms with Crippen molar-refractivity contribution in [3.8, 4) is 17.6 Å². The zero-order valence-corrected chi connectivity index (χ0v) is 21.1. The summed E-state index contributed by atoms with van der Waals surface area (Å²) in [5, 5.41) is 0. The van der Waals surface area contributed by atoms with Crippen molar-refractivity contribution in [2.24, 2.45) is 17.3 Å². The molecule has 5 heteroatoms. The van der Waals surface area contributed by atoms with Gasteiger partial charge in [-0.15, -0.1) is 0 Å². The Balaban J connectivity index is 1.42. The van der Waals surface area contributed by atoms with Gasteiger partial charge in [-0.2, -0.15) is 0 Å². The van der Waals surface area contributed by atoms with Crippen LogP contribution in [0.5, 0.6) is 5.75 Å². The van der Waals surface area contributed by atoms with Gasteiger partial charge in [0.25, 0.3) is 5.91 Å². The number of carbonyl (C=O) groups excluding carboxylic acids is 1. The molecule has 33 heavy (non-hydrogen) atoms. The van der Waals surface area contributed by atoms with Gasteiger partial charge in [-0.1, -0.05) is 59.8 Å². The summed E-state index contributed by atoms with van der Waals surface area (Å²) in [5.74, 6) is 8.69. The fourth-order valence-corrected chi connectivity index (χ4v) is 6.30. The second-order valence-corrected chi connectivity index (χ2v) is 11.4. The standard InChI is InChI=1S/C28H30BrNO3/c1-27(2)21-16-24(29)28(3,17-22(21)27)33-25-23(15-10-18-8-6-5-7-9-18)30(26(25)31)19-11-13-20(32-4)14-12-19/h5-9,11-14,21-25H,16-17H2,1-4H3. The first kappa shape index (κ1) is 22.5. The van der Waals surface area contributed by atoms with Crippen molar-refractivity contribution in [2.75, 3.05) is 12.0 Å². The summed E-state index contributed by atoms with van der Waals surface area (Å²) in [6.07, 6.45) is 1.47. The topological polar surface area (TPSA) is 38.8 Å². The Morgan fingerprint density at radius 3 is 2.39 bits per heavy atom. The number of amides is 1. The maximum absolute atomic E-state index is 13.4. The SMILES string of the molecule is COc1ccc(N2C(=O)C(OC3(C)CC4C(CC3Br)C4(C)C)C2C#Cc2ccccc2)cc1. The van der Waals surface area contributed by atoms with E-state index in [9.17, 15) is 4.79 Å². The fourth-order valence-electron chi connectivity index (χ4n) is 5.61. The summed E-state index contributed by atoms with van der Waals surface area (Å²) in [6.45, 7) is 6.85.